The number of benzene rings is 2. The summed E-state index contributed by atoms with van der Waals surface area (Å²) in [7, 11) is 0. The number of amides is 2. The van der Waals surface area contributed by atoms with Crippen LogP contribution in [0, 0.1) is 6.92 Å². The van der Waals surface area contributed by atoms with Gasteiger partial charge in [0, 0.05) is 17.8 Å². The molecule has 168 valence electrons. The number of hydrogen-bond acceptors (Lipinski definition) is 5. The van der Waals surface area contributed by atoms with Gasteiger partial charge in [0.05, 0.1) is 12.3 Å². The highest BCUT2D eigenvalue weighted by molar-refractivity contribution is 7.99. The lowest BCUT2D eigenvalue weighted by atomic mass is 10.1. The van der Waals surface area contributed by atoms with Gasteiger partial charge in [-0.3, -0.25) is 9.59 Å². The van der Waals surface area contributed by atoms with Crippen molar-refractivity contribution in [2.24, 2.45) is 0 Å². The van der Waals surface area contributed by atoms with Gasteiger partial charge in [-0.15, -0.1) is 10.2 Å². The fourth-order valence-electron chi connectivity index (χ4n) is 3.32. The van der Waals surface area contributed by atoms with Crippen molar-refractivity contribution in [2.45, 2.75) is 45.3 Å². The molecule has 0 saturated carbocycles. The first-order valence-electron chi connectivity index (χ1n) is 10.8. The fourth-order valence-corrected chi connectivity index (χ4v) is 4.12. The molecule has 2 aromatic carbocycles. The van der Waals surface area contributed by atoms with Crippen molar-refractivity contribution >= 4 is 29.3 Å². The van der Waals surface area contributed by atoms with Crippen LogP contribution >= 0.6 is 11.8 Å². The maximum Gasteiger partial charge on any atom is 0.243 e. The molecular formula is C24H29N5O2S. The van der Waals surface area contributed by atoms with Crippen LogP contribution in [-0.2, 0) is 22.6 Å². The number of aromatic nitrogens is 3. The number of para-hydroxylation sites is 1. The number of aryl methyl sites for hydroxylation is 2. The second-order valence-electron chi connectivity index (χ2n) is 7.45. The minimum absolute atomic E-state index is 0.0758. The smallest absolute Gasteiger partial charge is 0.243 e. The predicted octanol–water partition coefficient (Wildman–Crippen LogP) is 4.07. The Bertz CT molecular complexity index is 1080. The van der Waals surface area contributed by atoms with Gasteiger partial charge in [-0.2, -0.15) is 0 Å². The highest BCUT2D eigenvalue weighted by Gasteiger charge is 2.16. The molecule has 0 aliphatic rings. The van der Waals surface area contributed by atoms with E-state index >= 15 is 0 Å². The average molecular weight is 452 g/mol. The van der Waals surface area contributed by atoms with Crippen molar-refractivity contribution in [2.75, 3.05) is 17.6 Å². The van der Waals surface area contributed by atoms with Gasteiger partial charge in [0.25, 0.3) is 0 Å². The number of nitrogens with zero attached hydrogens (tertiary/aromatic N) is 3. The van der Waals surface area contributed by atoms with E-state index in [2.05, 4.69) is 33.8 Å². The molecule has 1 heterocycles. The molecule has 7 nitrogen and oxygen atoms in total. The van der Waals surface area contributed by atoms with Gasteiger partial charge in [0.15, 0.2) is 11.0 Å². The number of thioether (sulfide) groups is 1. The normalized spacial score (nSPS) is 10.7. The summed E-state index contributed by atoms with van der Waals surface area (Å²) in [6.45, 7) is 6.86. The Morgan fingerprint density at radius 1 is 1.03 bits per heavy atom. The first-order chi connectivity index (χ1) is 15.5. The molecule has 0 spiro atoms. The SMILES string of the molecule is CCCn1c(SCC(=O)NCC(=O)Nc2ccccc2CC)nnc1-c1cccc(C)c1. The van der Waals surface area contributed by atoms with Crippen LogP contribution in [0.3, 0.4) is 0 Å². The van der Waals surface area contributed by atoms with E-state index in [-0.39, 0.29) is 24.1 Å². The van der Waals surface area contributed by atoms with Crippen LogP contribution in [0.15, 0.2) is 53.7 Å². The quantitative estimate of drug-likeness (QED) is 0.454. The molecule has 0 aliphatic carbocycles. The number of carbonyl (C=O) groups excluding carboxylic acids is 2. The van der Waals surface area contributed by atoms with Gasteiger partial charge in [-0.1, -0.05) is 67.6 Å². The molecule has 0 unspecified atom stereocenters. The third kappa shape index (κ3) is 6.20. The van der Waals surface area contributed by atoms with Gasteiger partial charge < -0.3 is 15.2 Å². The molecule has 2 amide bonds. The molecular weight excluding hydrogens is 422 g/mol. The lowest BCUT2D eigenvalue weighted by molar-refractivity contribution is -0.122. The first-order valence-corrected chi connectivity index (χ1v) is 11.8. The predicted molar refractivity (Wildman–Crippen MR) is 129 cm³/mol. The van der Waals surface area contributed by atoms with Crippen molar-refractivity contribution in [3.63, 3.8) is 0 Å². The molecule has 0 aliphatic heterocycles. The van der Waals surface area contributed by atoms with E-state index in [1.165, 1.54) is 11.8 Å². The molecule has 0 saturated heterocycles. The van der Waals surface area contributed by atoms with E-state index in [4.69, 9.17) is 0 Å². The van der Waals surface area contributed by atoms with Crippen LogP contribution in [0.25, 0.3) is 11.4 Å². The zero-order valence-corrected chi connectivity index (χ0v) is 19.5. The third-order valence-electron chi connectivity index (χ3n) is 4.89. The molecule has 3 rings (SSSR count). The number of nitrogens with one attached hydrogen (secondary N) is 2. The van der Waals surface area contributed by atoms with E-state index in [1.807, 2.05) is 60.9 Å². The Morgan fingerprint density at radius 3 is 2.59 bits per heavy atom. The summed E-state index contributed by atoms with van der Waals surface area (Å²) in [5.41, 5.74) is 4.00. The van der Waals surface area contributed by atoms with Crippen molar-refractivity contribution in [1.82, 2.24) is 20.1 Å². The summed E-state index contributed by atoms with van der Waals surface area (Å²) in [6, 6.07) is 15.8. The standard InChI is InChI=1S/C24H29N5O2S/c1-4-13-29-23(19-11-8-9-17(3)14-19)27-28-24(29)32-16-22(31)25-15-21(30)26-20-12-7-6-10-18(20)5-2/h6-12,14H,4-5,13,15-16H2,1-3H3,(H,25,31)(H,26,30). The molecule has 8 heteroatoms. The van der Waals surface area contributed by atoms with Gasteiger partial charge >= 0.3 is 0 Å². The second kappa shape index (κ2) is 11.5. The average Bonchev–Trinajstić information content (AvgIpc) is 3.19. The highest BCUT2D eigenvalue weighted by Crippen LogP contribution is 2.25. The lowest BCUT2D eigenvalue weighted by Crippen LogP contribution is -2.34. The van der Waals surface area contributed by atoms with Crippen LogP contribution in [0.4, 0.5) is 5.69 Å². The Kier molecular flexibility index (Phi) is 8.44. The van der Waals surface area contributed by atoms with E-state index in [0.29, 0.717) is 5.16 Å². The minimum Gasteiger partial charge on any atom is -0.346 e. The van der Waals surface area contributed by atoms with Crippen molar-refractivity contribution < 1.29 is 9.59 Å². The largest absolute Gasteiger partial charge is 0.346 e. The van der Waals surface area contributed by atoms with E-state index in [1.54, 1.807) is 0 Å². The monoisotopic (exact) mass is 451 g/mol. The molecule has 1 aromatic heterocycles. The van der Waals surface area contributed by atoms with Crippen molar-refractivity contribution in [3.8, 4) is 11.4 Å². The summed E-state index contributed by atoms with van der Waals surface area (Å²) in [5, 5.41) is 14.9. The van der Waals surface area contributed by atoms with Gasteiger partial charge in [-0.25, -0.2) is 0 Å². The minimum atomic E-state index is -0.250. The molecule has 2 N–H and O–H groups in total. The summed E-state index contributed by atoms with van der Waals surface area (Å²) in [5.74, 6) is 0.485. The van der Waals surface area contributed by atoms with Crippen LogP contribution in [0.1, 0.15) is 31.4 Å². The van der Waals surface area contributed by atoms with Crippen LogP contribution in [0.5, 0.6) is 0 Å². The zero-order chi connectivity index (χ0) is 22.9. The summed E-state index contributed by atoms with van der Waals surface area (Å²) in [4.78, 5) is 24.5. The lowest BCUT2D eigenvalue weighted by Gasteiger charge is -2.11. The summed E-state index contributed by atoms with van der Waals surface area (Å²) < 4.78 is 2.04. The Morgan fingerprint density at radius 2 is 1.84 bits per heavy atom. The van der Waals surface area contributed by atoms with Crippen molar-refractivity contribution in [3.05, 3.63) is 59.7 Å². The zero-order valence-electron chi connectivity index (χ0n) is 18.7. The topological polar surface area (TPSA) is 88.9 Å². The maximum absolute atomic E-state index is 12.3. The van der Waals surface area contributed by atoms with E-state index < -0.39 is 0 Å². The van der Waals surface area contributed by atoms with Crippen LogP contribution in [0.2, 0.25) is 0 Å². The van der Waals surface area contributed by atoms with Crippen molar-refractivity contribution in [1.29, 1.82) is 0 Å². The number of carbonyl (C=O) groups is 2. The molecule has 0 radical (unpaired) electrons. The van der Waals surface area contributed by atoms with E-state index in [9.17, 15) is 9.59 Å². The number of anilines is 1. The van der Waals surface area contributed by atoms with E-state index in [0.717, 1.165) is 47.6 Å². The fraction of sp³-hybridized carbons (Fsp3) is 0.333. The Hall–Kier alpha value is -3.13. The molecule has 32 heavy (non-hydrogen) atoms. The third-order valence-corrected chi connectivity index (χ3v) is 5.86. The number of hydrogen-bond donors (Lipinski definition) is 2. The highest BCUT2D eigenvalue weighted by atomic mass is 32.2. The van der Waals surface area contributed by atoms with Gasteiger partial charge in [-0.05, 0) is 37.5 Å². The van der Waals surface area contributed by atoms with Gasteiger partial charge in [0.2, 0.25) is 11.8 Å². The Labute approximate surface area is 193 Å². The first kappa shape index (κ1) is 23.5. The number of rotatable bonds is 10. The summed E-state index contributed by atoms with van der Waals surface area (Å²) >= 11 is 1.32. The molecule has 0 atom stereocenters. The molecule has 0 bridgehead atoms. The maximum atomic E-state index is 12.3. The molecule has 3 aromatic rings. The van der Waals surface area contributed by atoms with Gasteiger partial charge in [0.1, 0.15) is 0 Å². The second-order valence-corrected chi connectivity index (χ2v) is 8.39. The Balaban J connectivity index is 1.56. The van der Waals surface area contributed by atoms with Crippen LogP contribution in [-0.4, -0.2) is 38.9 Å². The van der Waals surface area contributed by atoms with Crippen LogP contribution < -0.4 is 10.6 Å². The summed E-state index contributed by atoms with van der Waals surface area (Å²) in [6.07, 6.45) is 1.75. The molecule has 0 fully saturated rings.